The van der Waals surface area contributed by atoms with E-state index in [1.165, 1.54) is 0 Å². The Morgan fingerprint density at radius 1 is 1.39 bits per heavy atom. The molecule has 174 valence electrons. The Balaban J connectivity index is 0.00000341. The van der Waals surface area contributed by atoms with E-state index in [1.54, 1.807) is 13.4 Å². The molecule has 2 unspecified atom stereocenters. The molecular formula is C21H36IN7O2. The van der Waals surface area contributed by atoms with Gasteiger partial charge >= 0.3 is 0 Å². The van der Waals surface area contributed by atoms with Gasteiger partial charge in [-0.15, -0.1) is 24.0 Å². The van der Waals surface area contributed by atoms with Crippen molar-refractivity contribution in [1.29, 1.82) is 0 Å². The summed E-state index contributed by atoms with van der Waals surface area (Å²) >= 11 is 0. The first-order valence-electron chi connectivity index (χ1n) is 10.9. The lowest BCUT2D eigenvalue weighted by atomic mass is 10.1. The molecule has 0 amide bonds. The highest BCUT2D eigenvalue weighted by Gasteiger charge is 2.24. The molecule has 2 atom stereocenters. The van der Waals surface area contributed by atoms with Gasteiger partial charge in [0.25, 0.3) is 0 Å². The maximum atomic E-state index is 5.70. The second kappa shape index (κ2) is 13.0. The predicted molar refractivity (Wildman–Crippen MR) is 132 cm³/mol. The SMILES string of the molecule is CCNC(=NCC(c1ccco1)N(CC)CC)NC1CCc2nc(COC)nn2C1.I. The Labute approximate surface area is 202 Å². The molecule has 3 rings (SSSR count). The number of hydrogen-bond donors (Lipinski definition) is 2. The molecule has 3 heterocycles. The normalized spacial score (nSPS) is 17.2. The number of aromatic nitrogens is 3. The van der Waals surface area contributed by atoms with Gasteiger partial charge in [0.15, 0.2) is 11.8 Å². The summed E-state index contributed by atoms with van der Waals surface area (Å²) in [7, 11) is 1.66. The van der Waals surface area contributed by atoms with Gasteiger partial charge in [-0.2, -0.15) is 5.10 Å². The fraction of sp³-hybridized carbons (Fsp3) is 0.667. The summed E-state index contributed by atoms with van der Waals surface area (Å²) in [6.07, 6.45) is 3.62. The van der Waals surface area contributed by atoms with E-state index in [-0.39, 0.29) is 36.1 Å². The third kappa shape index (κ3) is 6.91. The van der Waals surface area contributed by atoms with E-state index in [0.717, 1.165) is 62.4 Å². The Kier molecular flexibility index (Phi) is 10.7. The predicted octanol–water partition coefficient (Wildman–Crippen LogP) is 2.59. The van der Waals surface area contributed by atoms with Crippen molar-refractivity contribution >= 4 is 29.9 Å². The highest BCUT2D eigenvalue weighted by atomic mass is 127. The van der Waals surface area contributed by atoms with Gasteiger partial charge in [-0.25, -0.2) is 9.67 Å². The van der Waals surface area contributed by atoms with Crippen LogP contribution in [-0.4, -0.2) is 65.0 Å². The van der Waals surface area contributed by atoms with Crippen LogP contribution in [0, 0.1) is 0 Å². The topological polar surface area (TPSA) is 92.7 Å². The van der Waals surface area contributed by atoms with Gasteiger partial charge in [0.05, 0.1) is 25.4 Å². The highest BCUT2D eigenvalue weighted by molar-refractivity contribution is 14.0. The third-order valence-corrected chi connectivity index (χ3v) is 5.41. The maximum absolute atomic E-state index is 5.70. The van der Waals surface area contributed by atoms with E-state index < -0.39 is 0 Å². The van der Waals surface area contributed by atoms with Crippen LogP contribution in [0.15, 0.2) is 27.8 Å². The fourth-order valence-electron chi connectivity index (χ4n) is 3.89. The molecule has 2 aromatic rings. The number of furan rings is 1. The number of guanidine groups is 1. The van der Waals surface area contributed by atoms with Crippen LogP contribution in [0.25, 0.3) is 0 Å². The highest BCUT2D eigenvalue weighted by Crippen LogP contribution is 2.21. The van der Waals surface area contributed by atoms with Crippen molar-refractivity contribution < 1.29 is 9.15 Å². The molecule has 0 spiro atoms. The Morgan fingerprint density at radius 2 is 2.19 bits per heavy atom. The van der Waals surface area contributed by atoms with Crippen LogP contribution in [0.5, 0.6) is 0 Å². The second-order valence-corrected chi connectivity index (χ2v) is 7.41. The first-order chi connectivity index (χ1) is 14.7. The van der Waals surface area contributed by atoms with E-state index in [0.29, 0.717) is 13.2 Å². The zero-order valence-electron chi connectivity index (χ0n) is 19.0. The lowest BCUT2D eigenvalue weighted by Gasteiger charge is -2.28. The number of methoxy groups -OCH3 is 1. The molecule has 0 aliphatic carbocycles. The number of rotatable bonds is 10. The third-order valence-electron chi connectivity index (χ3n) is 5.41. The first kappa shape index (κ1) is 25.6. The largest absolute Gasteiger partial charge is 0.468 e. The number of aliphatic imine (C=N–C) groups is 1. The average molecular weight is 545 g/mol. The minimum atomic E-state index is 0. The fourth-order valence-corrected chi connectivity index (χ4v) is 3.89. The Hall–Kier alpha value is -1.66. The number of halogens is 1. The smallest absolute Gasteiger partial charge is 0.191 e. The van der Waals surface area contributed by atoms with Gasteiger partial charge in [0.1, 0.15) is 18.2 Å². The minimum absolute atomic E-state index is 0. The lowest BCUT2D eigenvalue weighted by molar-refractivity contribution is 0.177. The van der Waals surface area contributed by atoms with Crippen LogP contribution in [0.2, 0.25) is 0 Å². The van der Waals surface area contributed by atoms with Crippen molar-refractivity contribution in [3.63, 3.8) is 0 Å². The standard InChI is InChI=1S/C21H35N7O2.HI/c1-5-22-21(23-13-17(27(6-2)7-3)18-9-8-12-30-18)24-16-10-11-20-25-19(15-29-4)26-28(20)14-16;/h8-9,12,16-17H,5-7,10-11,13-15H2,1-4H3,(H2,22,23,24);1H. The number of hydrogen-bond acceptors (Lipinski definition) is 6. The Bertz CT molecular complexity index is 790. The molecule has 1 aliphatic heterocycles. The Morgan fingerprint density at radius 3 is 2.84 bits per heavy atom. The van der Waals surface area contributed by atoms with Crippen molar-refractivity contribution in [2.45, 2.75) is 58.8 Å². The van der Waals surface area contributed by atoms with E-state index in [1.807, 2.05) is 16.8 Å². The number of nitrogens with one attached hydrogen (secondary N) is 2. The molecule has 0 radical (unpaired) electrons. The van der Waals surface area contributed by atoms with Crippen LogP contribution in [0.3, 0.4) is 0 Å². The van der Waals surface area contributed by atoms with Crippen LogP contribution in [0.4, 0.5) is 0 Å². The van der Waals surface area contributed by atoms with E-state index in [4.69, 9.17) is 14.1 Å². The molecule has 31 heavy (non-hydrogen) atoms. The molecule has 10 heteroatoms. The number of ether oxygens (including phenoxy) is 1. The quantitative estimate of drug-likeness (QED) is 0.270. The summed E-state index contributed by atoms with van der Waals surface area (Å²) in [5, 5.41) is 11.5. The van der Waals surface area contributed by atoms with Crippen LogP contribution >= 0.6 is 24.0 Å². The molecule has 2 aromatic heterocycles. The van der Waals surface area contributed by atoms with Crippen molar-refractivity contribution in [3.05, 3.63) is 35.8 Å². The van der Waals surface area contributed by atoms with Crippen LogP contribution < -0.4 is 10.6 Å². The zero-order chi connectivity index (χ0) is 21.3. The number of nitrogens with zero attached hydrogens (tertiary/aromatic N) is 5. The molecule has 2 N–H and O–H groups in total. The number of fused-ring (bicyclic) bond motifs is 1. The molecule has 0 bridgehead atoms. The molecule has 1 aliphatic rings. The molecule has 0 saturated heterocycles. The molecule has 9 nitrogen and oxygen atoms in total. The van der Waals surface area contributed by atoms with Crippen molar-refractivity contribution in [1.82, 2.24) is 30.3 Å². The first-order valence-corrected chi connectivity index (χ1v) is 10.9. The summed E-state index contributed by atoms with van der Waals surface area (Å²) in [5.74, 6) is 3.55. The summed E-state index contributed by atoms with van der Waals surface area (Å²) in [6.45, 7) is 11.0. The van der Waals surface area contributed by atoms with E-state index >= 15 is 0 Å². The van der Waals surface area contributed by atoms with E-state index in [9.17, 15) is 0 Å². The van der Waals surface area contributed by atoms with Crippen molar-refractivity contribution in [3.8, 4) is 0 Å². The molecule has 0 saturated carbocycles. The summed E-state index contributed by atoms with van der Waals surface area (Å²) in [4.78, 5) is 11.8. The van der Waals surface area contributed by atoms with Gasteiger partial charge in [-0.1, -0.05) is 13.8 Å². The van der Waals surface area contributed by atoms with Crippen LogP contribution in [-0.2, 0) is 24.3 Å². The molecular weight excluding hydrogens is 509 g/mol. The maximum Gasteiger partial charge on any atom is 0.191 e. The summed E-state index contributed by atoms with van der Waals surface area (Å²) in [5.41, 5.74) is 0. The van der Waals surface area contributed by atoms with Gasteiger partial charge in [-0.3, -0.25) is 9.89 Å². The monoisotopic (exact) mass is 545 g/mol. The molecule has 0 fully saturated rings. The lowest BCUT2D eigenvalue weighted by Crippen LogP contribution is -2.47. The van der Waals surface area contributed by atoms with Crippen LogP contribution in [0.1, 0.15) is 50.6 Å². The summed E-state index contributed by atoms with van der Waals surface area (Å²) in [6, 6.07) is 4.34. The summed E-state index contributed by atoms with van der Waals surface area (Å²) < 4.78 is 12.8. The van der Waals surface area contributed by atoms with Gasteiger partial charge in [0, 0.05) is 26.1 Å². The van der Waals surface area contributed by atoms with Crippen molar-refractivity contribution in [2.75, 3.05) is 33.3 Å². The van der Waals surface area contributed by atoms with Gasteiger partial charge in [-0.05, 0) is 38.6 Å². The second-order valence-electron chi connectivity index (χ2n) is 7.41. The molecule has 0 aromatic carbocycles. The zero-order valence-corrected chi connectivity index (χ0v) is 21.3. The minimum Gasteiger partial charge on any atom is -0.468 e. The number of aryl methyl sites for hydroxylation is 1. The van der Waals surface area contributed by atoms with Gasteiger partial charge in [0.2, 0.25) is 0 Å². The average Bonchev–Trinajstić information content (AvgIpc) is 3.40. The van der Waals surface area contributed by atoms with Crippen molar-refractivity contribution in [2.24, 2.45) is 4.99 Å². The number of likely N-dealkylation sites (N-methyl/N-ethyl adjacent to an activating group) is 1. The van der Waals surface area contributed by atoms with Gasteiger partial charge < -0.3 is 19.8 Å². The van der Waals surface area contributed by atoms with E-state index in [2.05, 4.69) is 46.4 Å².